The molecular formula is C14H15NOS. The number of carbonyl (C=O) groups excluding carboxylic acids is 1. The summed E-state index contributed by atoms with van der Waals surface area (Å²) < 4.78 is 0. The molecule has 0 N–H and O–H groups in total. The Kier molecular flexibility index (Phi) is 2.81. The number of nitrogens with zero attached hydrogens (tertiary/aromatic N) is 1. The molecule has 1 heterocycles. The van der Waals surface area contributed by atoms with Crippen LogP contribution in [0.1, 0.15) is 36.8 Å². The minimum atomic E-state index is -0.237. The van der Waals surface area contributed by atoms with Crippen LogP contribution in [0, 0.1) is 0 Å². The van der Waals surface area contributed by atoms with Crippen molar-refractivity contribution in [1.82, 2.24) is 0 Å². The Labute approximate surface area is 106 Å². The molecule has 2 aliphatic rings. The number of fused-ring (bicyclic) bond motifs is 1. The van der Waals surface area contributed by atoms with Gasteiger partial charge in [0.25, 0.3) is 0 Å². The molecule has 17 heavy (non-hydrogen) atoms. The summed E-state index contributed by atoms with van der Waals surface area (Å²) in [6.45, 7) is 0. The fourth-order valence-corrected chi connectivity index (χ4v) is 3.73. The Morgan fingerprint density at radius 3 is 2.88 bits per heavy atom. The minimum Gasteiger partial charge on any atom is -0.211 e. The number of aliphatic imine (C=N–C) groups is 1. The highest BCUT2D eigenvalue weighted by molar-refractivity contribution is 7.99. The Balaban J connectivity index is 2.00. The van der Waals surface area contributed by atoms with E-state index in [9.17, 15) is 4.79 Å². The van der Waals surface area contributed by atoms with E-state index in [-0.39, 0.29) is 5.54 Å². The standard InChI is InChI=1S/C14H15NOS/c16-10-15-14(6-2-7-14)12-4-5-13-11(9-12)3-1-8-17-13/h4-5,9H,1-3,6-8H2. The van der Waals surface area contributed by atoms with Crippen LogP contribution in [-0.4, -0.2) is 11.8 Å². The number of isocyanates is 1. The first-order valence-corrected chi connectivity index (χ1v) is 7.18. The first kappa shape index (κ1) is 11.1. The van der Waals surface area contributed by atoms with Crippen LogP contribution in [0.2, 0.25) is 0 Å². The molecule has 0 bridgehead atoms. The van der Waals surface area contributed by atoms with Gasteiger partial charge in [0.05, 0.1) is 5.54 Å². The predicted molar refractivity (Wildman–Crippen MR) is 69.1 cm³/mol. The zero-order valence-corrected chi connectivity index (χ0v) is 10.6. The van der Waals surface area contributed by atoms with Crippen LogP contribution in [0.4, 0.5) is 0 Å². The van der Waals surface area contributed by atoms with Crippen molar-refractivity contribution in [1.29, 1.82) is 0 Å². The Hall–Kier alpha value is -1.05. The molecule has 1 saturated carbocycles. The lowest BCUT2D eigenvalue weighted by Crippen LogP contribution is -2.32. The summed E-state index contributed by atoms with van der Waals surface area (Å²) in [6, 6.07) is 6.62. The fourth-order valence-electron chi connectivity index (χ4n) is 2.71. The number of hydrogen-bond acceptors (Lipinski definition) is 3. The minimum absolute atomic E-state index is 0.237. The molecule has 1 aromatic carbocycles. The van der Waals surface area contributed by atoms with Crippen molar-refractivity contribution < 1.29 is 4.79 Å². The molecule has 0 atom stereocenters. The molecule has 0 spiro atoms. The van der Waals surface area contributed by atoms with E-state index < -0.39 is 0 Å². The third kappa shape index (κ3) is 1.84. The van der Waals surface area contributed by atoms with Crippen molar-refractivity contribution in [3.8, 4) is 0 Å². The van der Waals surface area contributed by atoms with Crippen molar-refractivity contribution in [2.24, 2.45) is 4.99 Å². The van der Waals surface area contributed by atoms with Gasteiger partial charge in [-0.3, -0.25) is 0 Å². The molecule has 2 nitrogen and oxygen atoms in total. The van der Waals surface area contributed by atoms with Crippen molar-refractivity contribution in [2.75, 3.05) is 5.75 Å². The Morgan fingerprint density at radius 2 is 2.18 bits per heavy atom. The van der Waals surface area contributed by atoms with Crippen LogP contribution < -0.4 is 0 Å². The molecule has 3 heteroatoms. The first-order valence-electron chi connectivity index (χ1n) is 6.19. The molecule has 0 saturated heterocycles. The summed E-state index contributed by atoms with van der Waals surface area (Å²) in [6.07, 6.45) is 7.33. The quantitative estimate of drug-likeness (QED) is 0.590. The monoisotopic (exact) mass is 245 g/mol. The summed E-state index contributed by atoms with van der Waals surface area (Å²) in [5.41, 5.74) is 2.42. The van der Waals surface area contributed by atoms with Gasteiger partial charge in [-0.15, -0.1) is 11.8 Å². The maximum Gasteiger partial charge on any atom is 0.235 e. The molecule has 1 aliphatic heterocycles. The number of hydrogen-bond donors (Lipinski definition) is 0. The molecule has 1 fully saturated rings. The lowest BCUT2D eigenvalue weighted by molar-refractivity contribution is 0.255. The van der Waals surface area contributed by atoms with E-state index >= 15 is 0 Å². The second-order valence-electron chi connectivity index (χ2n) is 4.86. The molecule has 3 rings (SSSR count). The van der Waals surface area contributed by atoms with Crippen molar-refractivity contribution in [2.45, 2.75) is 42.5 Å². The third-order valence-corrected chi connectivity index (χ3v) is 5.09. The van der Waals surface area contributed by atoms with Gasteiger partial charge in [-0.1, -0.05) is 12.1 Å². The van der Waals surface area contributed by atoms with Crippen molar-refractivity contribution in [3.63, 3.8) is 0 Å². The van der Waals surface area contributed by atoms with Gasteiger partial charge < -0.3 is 0 Å². The van der Waals surface area contributed by atoms with Gasteiger partial charge in [0.1, 0.15) is 0 Å². The average molecular weight is 245 g/mol. The van der Waals surface area contributed by atoms with Gasteiger partial charge in [-0.25, -0.2) is 4.79 Å². The maximum atomic E-state index is 10.6. The number of aryl methyl sites for hydroxylation is 1. The molecule has 1 aromatic rings. The van der Waals surface area contributed by atoms with Crippen LogP contribution in [0.5, 0.6) is 0 Å². The zero-order chi connectivity index (χ0) is 11.7. The highest BCUT2D eigenvalue weighted by Gasteiger charge is 2.39. The zero-order valence-electron chi connectivity index (χ0n) is 9.74. The van der Waals surface area contributed by atoms with Gasteiger partial charge >= 0.3 is 0 Å². The number of benzene rings is 1. The summed E-state index contributed by atoms with van der Waals surface area (Å²) in [7, 11) is 0. The highest BCUT2D eigenvalue weighted by Crippen LogP contribution is 2.46. The van der Waals surface area contributed by atoms with E-state index in [1.54, 1.807) is 6.08 Å². The third-order valence-electron chi connectivity index (χ3n) is 3.89. The van der Waals surface area contributed by atoms with Crippen LogP contribution in [-0.2, 0) is 16.8 Å². The second-order valence-corrected chi connectivity index (χ2v) is 6.00. The SMILES string of the molecule is O=C=NC1(c2ccc3c(c2)CCCS3)CCC1. The number of thioether (sulfide) groups is 1. The predicted octanol–water partition coefficient (Wildman–Crippen LogP) is 3.44. The summed E-state index contributed by atoms with van der Waals surface area (Å²) in [5.74, 6) is 1.23. The molecule has 0 unspecified atom stereocenters. The molecular weight excluding hydrogens is 230 g/mol. The van der Waals surface area contributed by atoms with Crippen molar-refractivity contribution >= 4 is 17.8 Å². The van der Waals surface area contributed by atoms with E-state index in [1.165, 1.54) is 28.2 Å². The largest absolute Gasteiger partial charge is 0.235 e. The smallest absolute Gasteiger partial charge is 0.211 e. The number of rotatable bonds is 2. The van der Waals surface area contributed by atoms with E-state index in [0.717, 1.165) is 25.7 Å². The van der Waals surface area contributed by atoms with Gasteiger partial charge in [-0.2, -0.15) is 4.99 Å². The van der Waals surface area contributed by atoms with Crippen LogP contribution in [0.15, 0.2) is 28.1 Å². The summed E-state index contributed by atoms with van der Waals surface area (Å²) >= 11 is 1.94. The Morgan fingerprint density at radius 1 is 1.29 bits per heavy atom. The summed E-state index contributed by atoms with van der Waals surface area (Å²) in [5, 5.41) is 0. The van der Waals surface area contributed by atoms with Crippen LogP contribution >= 0.6 is 11.8 Å². The first-order chi connectivity index (χ1) is 8.34. The van der Waals surface area contributed by atoms with E-state index in [0.29, 0.717) is 0 Å². The van der Waals surface area contributed by atoms with E-state index in [2.05, 4.69) is 23.2 Å². The molecule has 0 radical (unpaired) electrons. The Bertz CT molecular complexity index is 487. The van der Waals surface area contributed by atoms with E-state index in [1.807, 2.05) is 11.8 Å². The van der Waals surface area contributed by atoms with Crippen LogP contribution in [0.3, 0.4) is 0 Å². The van der Waals surface area contributed by atoms with Gasteiger partial charge in [0.15, 0.2) is 0 Å². The molecule has 88 valence electrons. The molecule has 0 amide bonds. The average Bonchev–Trinajstić information content (AvgIpc) is 2.33. The van der Waals surface area contributed by atoms with Gasteiger partial charge in [0.2, 0.25) is 6.08 Å². The second kappa shape index (κ2) is 4.32. The molecule has 0 aromatic heterocycles. The van der Waals surface area contributed by atoms with Crippen molar-refractivity contribution in [3.05, 3.63) is 29.3 Å². The van der Waals surface area contributed by atoms with E-state index in [4.69, 9.17) is 0 Å². The fraction of sp³-hybridized carbons (Fsp3) is 0.500. The highest BCUT2D eigenvalue weighted by atomic mass is 32.2. The lowest BCUT2D eigenvalue weighted by Gasteiger charge is -2.37. The molecule has 1 aliphatic carbocycles. The normalized spacial score (nSPS) is 20.9. The van der Waals surface area contributed by atoms with Gasteiger partial charge in [0, 0.05) is 4.90 Å². The summed E-state index contributed by atoms with van der Waals surface area (Å²) in [4.78, 5) is 16.1. The lowest BCUT2D eigenvalue weighted by atomic mass is 9.72. The maximum absolute atomic E-state index is 10.6. The topological polar surface area (TPSA) is 29.4 Å². The van der Waals surface area contributed by atoms with Gasteiger partial charge in [-0.05, 0) is 55.1 Å². The van der Waals surface area contributed by atoms with Crippen LogP contribution in [0.25, 0.3) is 0 Å².